The molecule has 0 unspecified atom stereocenters. The molecule has 3 aromatic rings. The van der Waals surface area contributed by atoms with Crippen LogP contribution in [0.3, 0.4) is 0 Å². The summed E-state index contributed by atoms with van der Waals surface area (Å²) in [6, 6.07) is 13.8. The van der Waals surface area contributed by atoms with E-state index in [9.17, 15) is 35.1 Å². The monoisotopic (exact) mass is 583 g/mol. The molecule has 0 atom stereocenters. The molecule has 0 saturated carbocycles. The fourth-order valence-electron chi connectivity index (χ4n) is 4.25. The number of ether oxygens (including phenoxy) is 1. The number of carbonyl (C=O) groups excluding carboxylic acids is 1. The molecule has 184 valence electrons. The predicted molar refractivity (Wildman–Crippen MR) is 137 cm³/mol. The first-order chi connectivity index (χ1) is 17.7. The first kappa shape index (κ1) is 24.4. The van der Waals surface area contributed by atoms with E-state index in [0.717, 1.165) is 33.5 Å². The van der Waals surface area contributed by atoms with Crippen LogP contribution in [0.4, 0.5) is 17.1 Å². The molecular formula is C24H13N3O8SSe. The summed E-state index contributed by atoms with van der Waals surface area (Å²) in [6.45, 7) is 0. The second-order valence-corrected chi connectivity index (χ2v) is 11.3. The second kappa shape index (κ2) is 9.28. The predicted octanol–water partition coefficient (Wildman–Crippen LogP) is 5.34. The van der Waals surface area contributed by atoms with E-state index in [1.165, 1.54) is 23.9 Å². The second-order valence-electron chi connectivity index (χ2n) is 7.80. The molecule has 0 bridgehead atoms. The third-order valence-electron chi connectivity index (χ3n) is 5.78. The SMILES string of the molecule is COC(=O)c1cc([N+](=O)[O-])cc2c1-c1c(cc([N+](=O)[O-])cc1[N+](=O)[O-])/C2=C1\SC(c2ccccc2)=C[Se]1. The molecular weight excluding hydrogens is 569 g/mol. The van der Waals surface area contributed by atoms with Crippen molar-refractivity contribution in [2.75, 3.05) is 7.11 Å². The van der Waals surface area contributed by atoms with Crippen molar-refractivity contribution in [3.05, 3.63) is 116 Å². The summed E-state index contributed by atoms with van der Waals surface area (Å²) in [5, 5.41) is 35.5. The Balaban J connectivity index is 1.86. The number of rotatable bonds is 5. The van der Waals surface area contributed by atoms with Crippen molar-refractivity contribution >= 4 is 60.2 Å². The summed E-state index contributed by atoms with van der Waals surface area (Å²) in [5.74, 6) is -0.919. The number of hydrogen-bond acceptors (Lipinski definition) is 9. The summed E-state index contributed by atoms with van der Waals surface area (Å²) in [4.78, 5) is 49.0. The molecule has 11 nitrogen and oxygen atoms in total. The summed E-state index contributed by atoms with van der Waals surface area (Å²) in [7, 11) is 1.10. The maximum absolute atomic E-state index is 12.7. The number of non-ortho nitro benzene ring substituents is 2. The first-order valence-corrected chi connectivity index (χ1v) is 13.1. The van der Waals surface area contributed by atoms with Gasteiger partial charge in [-0.3, -0.25) is 0 Å². The molecule has 2 aliphatic rings. The molecule has 37 heavy (non-hydrogen) atoms. The van der Waals surface area contributed by atoms with Gasteiger partial charge in [0.25, 0.3) is 0 Å². The number of benzene rings is 3. The van der Waals surface area contributed by atoms with Gasteiger partial charge in [0.1, 0.15) is 0 Å². The normalized spacial score (nSPS) is 15.5. The van der Waals surface area contributed by atoms with E-state index in [4.69, 9.17) is 4.74 Å². The molecule has 1 aliphatic heterocycles. The number of nitro benzene ring substituents is 3. The van der Waals surface area contributed by atoms with Gasteiger partial charge in [-0.15, -0.1) is 0 Å². The average Bonchev–Trinajstić information content (AvgIpc) is 3.50. The van der Waals surface area contributed by atoms with Crippen LogP contribution in [0.15, 0.2) is 63.4 Å². The molecule has 1 aliphatic carbocycles. The first-order valence-electron chi connectivity index (χ1n) is 10.4. The van der Waals surface area contributed by atoms with Crippen molar-refractivity contribution in [2.24, 2.45) is 0 Å². The number of nitro groups is 3. The van der Waals surface area contributed by atoms with Crippen molar-refractivity contribution in [2.45, 2.75) is 0 Å². The quantitative estimate of drug-likeness (QED) is 0.131. The van der Waals surface area contributed by atoms with Gasteiger partial charge in [-0.2, -0.15) is 0 Å². The van der Waals surface area contributed by atoms with Gasteiger partial charge >= 0.3 is 219 Å². The van der Waals surface area contributed by atoms with Crippen LogP contribution in [-0.4, -0.2) is 42.8 Å². The molecule has 0 saturated heterocycles. The van der Waals surface area contributed by atoms with Gasteiger partial charge in [-0.05, 0) is 0 Å². The summed E-state index contributed by atoms with van der Waals surface area (Å²) in [6.07, 6.45) is 0. The van der Waals surface area contributed by atoms with Crippen molar-refractivity contribution in [1.82, 2.24) is 0 Å². The number of methoxy groups -OCH3 is 1. The zero-order valence-electron chi connectivity index (χ0n) is 18.7. The van der Waals surface area contributed by atoms with Crippen LogP contribution in [0.25, 0.3) is 21.6 Å². The molecule has 0 amide bonds. The Labute approximate surface area is 218 Å². The van der Waals surface area contributed by atoms with E-state index in [1.54, 1.807) is 0 Å². The van der Waals surface area contributed by atoms with Crippen LogP contribution in [0.5, 0.6) is 0 Å². The fourth-order valence-corrected chi connectivity index (χ4v) is 8.24. The Bertz CT molecular complexity index is 1620. The topological polar surface area (TPSA) is 156 Å². The fraction of sp³-hybridized carbons (Fsp3) is 0.0417. The van der Waals surface area contributed by atoms with E-state index >= 15 is 0 Å². The van der Waals surface area contributed by atoms with Gasteiger partial charge < -0.3 is 0 Å². The van der Waals surface area contributed by atoms with Crippen LogP contribution in [-0.2, 0) is 4.74 Å². The van der Waals surface area contributed by atoms with Crippen molar-refractivity contribution in [3.8, 4) is 11.1 Å². The maximum atomic E-state index is 12.7. The third kappa shape index (κ3) is 4.08. The standard InChI is InChI=1S/C24H13N3O8SSe/c1-35-23(28)17-9-13(25(29)30)7-15-20(17)22-16(8-14(26(31)32)10-18(22)27(33)34)21(15)24-36-19(11-37-24)12-5-3-2-4-6-12/h2-11H,1H3/b24-21+. The van der Waals surface area contributed by atoms with Crippen molar-refractivity contribution in [3.63, 3.8) is 0 Å². The summed E-state index contributed by atoms with van der Waals surface area (Å²) < 4.78 is 5.59. The molecule has 5 rings (SSSR count). The Morgan fingerprint density at radius 1 is 0.865 bits per heavy atom. The Hall–Kier alpha value is -4.32. The number of esters is 1. The van der Waals surface area contributed by atoms with E-state index < -0.39 is 37.8 Å². The Morgan fingerprint density at radius 2 is 1.49 bits per heavy atom. The van der Waals surface area contributed by atoms with E-state index in [0.29, 0.717) is 5.57 Å². The van der Waals surface area contributed by atoms with Gasteiger partial charge in [0.2, 0.25) is 0 Å². The zero-order valence-corrected chi connectivity index (χ0v) is 21.2. The van der Waals surface area contributed by atoms with Gasteiger partial charge in [0.05, 0.1) is 0 Å². The Morgan fingerprint density at radius 3 is 2.08 bits per heavy atom. The van der Waals surface area contributed by atoms with E-state index in [1.807, 2.05) is 35.3 Å². The molecule has 3 aromatic carbocycles. The van der Waals surface area contributed by atoms with Crippen LogP contribution in [0, 0.1) is 30.3 Å². The van der Waals surface area contributed by atoms with Gasteiger partial charge in [-0.25, -0.2) is 0 Å². The summed E-state index contributed by atoms with van der Waals surface area (Å²) >= 11 is 1.10. The van der Waals surface area contributed by atoms with Crippen molar-refractivity contribution < 1.29 is 24.3 Å². The van der Waals surface area contributed by atoms with Crippen LogP contribution >= 0.6 is 11.8 Å². The Kier molecular flexibility index (Phi) is 6.12. The number of fused-ring (bicyclic) bond motifs is 3. The molecule has 13 heteroatoms. The summed E-state index contributed by atoms with van der Waals surface area (Å²) in [5.41, 5.74) is 0.105. The molecule has 0 radical (unpaired) electrons. The third-order valence-corrected chi connectivity index (χ3v) is 9.72. The molecule has 0 N–H and O–H groups in total. The van der Waals surface area contributed by atoms with Gasteiger partial charge in [0, 0.05) is 0 Å². The zero-order chi connectivity index (χ0) is 26.4. The minimum atomic E-state index is -0.919. The van der Waals surface area contributed by atoms with Crippen molar-refractivity contribution in [1.29, 1.82) is 0 Å². The minimum absolute atomic E-state index is 0.00652. The number of thioether (sulfide) groups is 1. The molecule has 0 fully saturated rings. The molecule has 0 spiro atoms. The number of hydrogen-bond donors (Lipinski definition) is 0. The molecule has 0 aromatic heterocycles. The number of nitrogens with zero attached hydrogens (tertiary/aromatic N) is 3. The number of carbonyl (C=O) groups is 1. The average molecular weight is 582 g/mol. The van der Waals surface area contributed by atoms with Gasteiger partial charge in [0.15, 0.2) is 0 Å². The van der Waals surface area contributed by atoms with E-state index in [2.05, 4.69) is 0 Å². The van der Waals surface area contributed by atoms with Gasteiger partial charge in [-0.1, -0.05) is 0 Å². The van der Waals surface area contributed by atoms with E-state index in [-0.39, 0.29) is 42.8 Å². The molecule has 1 heterocycles. The van der Waals surface area contributed by atoms with Crippen LogP contribution in [0.2, 0.25) is 0 Å². The van der Waals surface area contributed by atoms with Crippen LogP contribution < -0.4 is 0 Å². The van der Waals surface area contributed by atoms with Crippen LogP contribution in [0.1, 0.15) is 27.0 Å².